The Labute approximate surface area is 192 Å². The van der Waals surface area contributed by atoms with E-state index in [2.05, 4.69) is 15.0 Å². The molecule has 4 heterocycles. The van der Waals surface area contributed by atoms with Crippen LogP contribution in [0.25, 0.3) is 11.4 Å². The molecule has 0 aliphatic carbocycles. The average Bonchev–Trinajstić information content (AvgIpc) is 3.36. The highest BCUT2D eigenvalue weighted by Gasteiger charge is 2.33. The Morgan fingerprint density at radius 2 is 1.85 bits per heavy atom. The molecule has 0 unspecified atom stereocenters. The Morgan fingerprint density at radius 1 is 0.970 bits per heavy atom. The number of aryl methyl sites for hydroxylation is 1. The monoisotopic (exact) mass is 437 g/mol. The number of likely N-dealkylation sites (tertiary alicyclic amines) is 1. The number of hydrogen-bond acceptors (Lipinski definition) is 6. The van der Waals surface area contributed by atoms with Gasteiger partial charge in [0.05, 0.1) is 17.9 Å². The number of aromatic nitrogens is 4. The molecule has 5 rings (SSSR count). The molecule has 1 fully saturated rings. The van der Waals surface area contributed by atoms with E-state index in [0.29, 0.717) is 23.7 Å². The Kier molecular flexibility index (Phi) is 5.76. The number of benzene rings is 1. The van der Waals surface area contributed by atoms with E-state index < -0.39 is 0 Å². The lowest BCUT2D eigenvalue weighted by Crippen LogP contribution is -2.31. The smallest absolute Gasteiger partial charge is 0.259 e. The molecule has 1 saturated heterocycles. The van der Waals surface area contributed by atoms with Crippen LogP contribution in [0.4, 0.5) is 0 Å². The van der Waals surface area contributed by atoms with Gasteiger partial charge in [-0.3, -0.25) is 9.78 Å². The van der Waals surface area contributed by atoms with Crippen molar-refractivity contribution in [2.24, 2.45) is 0 Å². The Bertz CT molecular complexity index is 1260. The number of amides is 1. The summed E-state index contributed by atoms with van der Waals surface area (Å²) < 4.78 is 5.92. The van der Waals surface area contributed by atoms with Gasteiger partial charge < -0.3 is 9.64 Å². The van der Waals surface area contributed by atoms with Crippen LogP contribution in [0, 0.1) is 6.92 Å². The third-order valence-electron chi connectivity index (χ3n) is 5.66. The van der Waals surface area contributed by atoms with E-state index in [1.54, 1.807) is 30.7 Å². The fourth-order valence-electron chi connectivity index (χ4n) is 4.02. The first kappa shape index (κ1) is 20.8. The molecule has 4 aromatic rings. The number of pyridine rings is 2. The first-order valence-corrected chi connectivity index (χ1v) is 10.9. The number of rotatable bonds is 5. The predicted molar refractivity (Wildman–Crippen MR) is 124 cm³/mol. The third kappa shape index (κ3) is 4.43. The predicted octanol–water partition coefficient (Wildman–Crippen LogP) is 5.01. The summed E-state index contributed by atoms with van der Waals surface area (Å²) in [6.07, 6.45) is 6.75. The van der Waals surface area contributed by atoms with E-state index >= 15 is 0 Å². The minimum absolute atomic E-state index is 0.124. The van der Waals surface area contributed by atoms with Crippen LogP contribution in [-0.2, 0) is 0 Å². The molecule has 33 heavy (non-hydrogen) atoms. The van der Waals surface area contributed by atoms with E-state index in [1.807, 2.05) is 60.4 Å². The minimum atomic E-state index is -0.128. The minimum Gasteiger partial charge on any atom is -0.437 e. The summed E-state index contributed by atoms with van der Waals surface area (Å²) in [5.41, 5.74) is 3.09. The van der Waals surface area contributed by atoms with Crippen molar-refractivity contribution in [1.29, 1.82) is 0 Å². The lowest BCUT2D eigenvalue weighted by molar-refractivity contribution is 0.0729. The molecule has 1 aliphatic heterocycles. The normalized spacial score (nSPS) is 15.4. The van der Waals surface area contributed by atoms with Gasteiger partial charge in [0.1, 0.15) is 11.3 Å². The second-order valence-electron chi connectivity index (χ2n) is 7.92. The number of carbonyl (C=O) groups excluding carboxylic acids is 1. The van der Waals surface area contributed by atoms with Gasteiger partial charge in [-0.15, -0.1) is 0 Å². The molecule has 7 heteroatoms. The van der Waals surface area contributed by atoms with Crippen molar-refractivity contribution >= 4 is 5.91 Å². The van der Waals surface area contributed by atoms with Crippen LogP contribution in [-0.4, -0.2) is 37.3 Å². The van der Waals surface area contributed by atoms with Gasteiger partial charge in [0.15, 0.2) is 5.82 Å². The zero-order valence-corrected chi connectivity index (χ0v) is 18.3. The zero-order valence-electron chi connectivity index (χ0n) is 18.3. The standard InChI is InChI=1S/C26H23N5O2/c1-18-11-12-20(17-29-18)33-25-21(9-5-14-28-25)26(32)31-16-6-10-23(31)22-13-15-27-24(30-22)19-7-3-2-4-8-19/h2-5,7-9,11-15,17,23H,6,10,16H2,1H3/t23-/m1/s1. The van der Waals surface area contributed by atoms with Gasteiger partial charge in [-0.1, -0.05) is 30.3 Å². The van der Waals surface area contributed by atoms with Crippen molar-refractivity contribution in [2.75, 3.05) is 6.54 Å². The van der Waals surface area contributed by atoms with Crippen LogP contribution in [0.1, 0.15) is 40.6 Å². The van der Waals surface area contributed by atoms with Crippen LogP contribution in [0.5, 0.6) is 11.6 Å². The van der Waals surface area contributed by atoms with Gasteiger partial charge in [-0.2, -0.15) is 0 Å². The zero-order chi connectivity index (χ0) is 22.6. The van der Waals surface area contributed by atoms with Gasteiger partial charge in [-0.25, -0.2) is 15.0 Å². The summed E-state index contributed by atoms with van der Waals surface area (Å²) in [6.45, 7) is 2.55. The van der Waals surface area contributed by atoms with Crippen molar-refractivity contribution in [2.45, 2.75) is 25.8 Å². The molecular formula is C26H23N5O2. The lowest BCUT2D eigenvalue weighted by atomic mass is 10.1. The highest BCUT2D eigenvalue weighted by atomic mass is 16.5. The first-order valence-electron chi connectivity index (χ1n) is 10.9. The summed E-state index contributed by atoms with van der Waals surface area (Å²) >= 11 is 0. The van der Waals surface area contributed by atoms with E-state index in [1.165, 1.54) is 0 Å². The van der Waals surface area contributed by atoms with Crippen molar-refractivity contribution < 1.29 is 9.53 Å². The Balaban J connectivity index is 1.42. The average molecular weight is 438 g/mol. The Hall–Kier alpha value is -4.13. The summed E-state index contributed by atoms with van der Waals surface area (Å²) in [6, 6.07) is 18.8. The van der Waals surface area contributed by atoms with Gasteiger partial charge in [0.25, 0.3) is 5.91 Å². The van der Waals surface area contributed by atoms with E-state index in [0.717, 1.165) is 29.8 Å². The van der Waals surface area contributed by atoms with Crippen molar-refractivity contribution in [3.63, 3.8) is 0 Å². The topological polar surface area (TPSA) is 81.1 Å². The molecule has 1 aliphatic rings. The van der Waals surface area contributed by atoms with Gasteiger partial charge in [-0.05, 0) is 50.1 Å². The molecule has 1 aromatic carbocycles. The second-order valence-corrected chi connectivity index (χ2v) is 7.92. The molecule has 7 nitrogen and oxygen atoms in total. The second kappa shape index (κ2) is 9.16. The highest BCUT2D eigenvalue weighted by Crippen LogP contribution is 2.34. The first-order chi connectivity index (χ1) is 16.2. The van der Waals surface area contributed by atoms with Crippen LogP contribution >= 0.6 is 0 Å². The molecular weight excluding hydrogens is 414 g/mol. The van der Waals surface area contributed by atoms with Crippen molar-refractivity contribution in [3.8, 4) is 23.0 Å². The summed E-state index contributed by atoms with van der Waals surface area (Å²) in [7, 11) is 0. The largest absolute Gasteiger partial charge is 0.437 e. The van der Waals surface area contributed by atoms with E-state index in [9.17, 15) is 4.79 Å². The molecule has 0 bridgehead atoms. The SMILES string of the molecule is Cc1ccc(Oc2ncccc2C(=O)N2CCC[C@@H]2c2ccnc(-c3ccccc3)n2)cn1. The Morgan fingerprint density at radius 3 is 2.67 bits per heavy atom. The molecule has 3 aromatic heterocycles. The number of ether oxygens (including phenoxy) is 1. The van der Waals surface area contributed by atoms with Gasteiger partial charge in [0, 0.05) is 30.2 Å². The third-order valence-corrected chi connectivity index (χ3v) is 5.66. The number of carbonyl (C=O) groups is 1. The fraction of sp³-hybridized carbons (Fsp3) is 0.192. The quantitative estimate of drug-likeness (QED) is 0.436. The molecule has 164 valence electrons. The fourth-order valence-corrected chi connectivity index (χ4v) is 4.02. The van der Waals surface area contributed by atoms with Crippen LogP contribution in [0.15, 0.2) is 79.3 Å². The van der Waals surface area contributed by atoms with Crippen molar-refractivity contribution in [3.05, 3.63) is 96.2 Å². The van der Waals surface area contributed by atoms with Crippen LogP contribution in [0.2, 0.25) is 0 Å². The summed E-state index contributed by atoms with van der Waals surface area (Å²) in [4.78, 5) is 33.2. The van der Waals surface area contributed by atoms with Crippen LogP contribution < -0.4 is 4.74 Å². The maximum Gasteiger partial charge on any atom is 0.259 e. The summed E-state index contributed by atoms with van der Waals surface area (Å²) in [5.74, 6) is 1.34. The molecule has 0 spiro atoms. The molecule has 0 radical (unpaired) electrons. The van der Waals surface area contributed by atoms with Gasteiger partial charge in [0.2, 0.25) is 5.88 Å². The maximum atomic E-state index is 13.6. The van der Waals surface area contributed by atoms with Gasteiger partial charge >= 0.3 is 0 Å². The van der Waals surface area contributed by atoms with E-state index in [4.69, 9.17) is 9.72 Å². The molecule has 0 saturated carbocycles. The number of hydrogen-bond donors (Lipinski definition) is 0. The van der Waals surface area contributed by atoms with Crippen LogP contribution in [0.3, 0.4) is 0 Å². The van der Waals surface area contributed by atoms with Crippen molar-refractivity contribution in [1.82, 2.24) is 24.8 Å². The maximum absolute atomic E-state index is 13.6. The summed E-state index contributed by atoms with van der Waals surface area (Å²) in [5, 5.41) is 0. The molecule has 1 amide bonds. The molecule has 1 atom stereocenters. The number of nitrogens with zero attached hydrogens (tertiary/aromatic N) is 5. The lowest BCUT2D eigenvalue weighted by Gasteiger charge is -2.25. The van der Waals surface area contributed by atoms with E-state index in [-0.39, 0.29) is 17.8 Å². The molecule has 0 N–H and O–H groups in total. The highest BCUT2D eigenvalue weighted by molar-refractivity contribution is 5.96.